The van der Waals surface area contributed by atoms with Gasteiger partial charge in [-0.15, -0.1) is 0 Å². The summed E-state index contributed by atoms with van der Waals surface area (Å²) in [5.41, 5.74) is 6.17. The van der Waals surface area contributed by atoms with Crippen molar-refractivity contribution < 1.29 is 9.53 Å². The first-order chi connectivity index (χ1) is 17.2. The molecule has 0 aliphatic rings. The number of nitrogens with zero attached hydrogens (tertiary/aromatic N) is 5. The van der Waals surface area contributed by atoms with E-state index < -0.39 is 0 Å². The highest BCUT2D eigenvalue weighted by atomic mass is 16.5. The number of rotatable bonds is 9. The minimum atomic E-state index is -0.235. The van der Waals surface area contributed by atoms with Crippen molar-refractivity contribution >= 4 is 5.91 Å². The first-order valence-electron chi connectivity index (χ1n) is 12.0. The molecule has 4 rings (SSSR count). The molecule has 0 saturated heterocycles. The molecule has 2 aromatic carbocycles. The van der Waals surface area contributed by atoms with E-state index in [1.165, 1.54) is 0 Å². The Morgan fingerprint density at radius 3 is 2.11 bits per heavy atom. The Labute approximate surface area is 212 Å². The second-order valence-corrected chi connectivity index (χ2v) is 9.42. The molecule has 1 atom stereocenters. The van der Waals surface area contributed by atoms with Crippen LogP contribution in [0.3, 0.4) is 0 Å². The summed E-state index contributed by atoms with van der Waals surface area (Å²) in [7, 11) is 7.80. The smallest absolute Gasteiger partial charge is 0.252 e. The lowest BCUT2D eigenvalue weighted by atomic mass is 9.97. The lowest BCUT2D eigenvalue weighted by Gasteiger charge is -2.18. The average molecular weight is 487 g/mol. The number of aromatic nitrogens is 4. The third-order valence-corrected chi connectivity index (χ3v) is 6.08. The number of benzene rings is 2. The molecule has 0 unspecified atom stereocenters. The summed E-state index contributed by atoms with van der Waals surface area (Å²) in [6.07, 6.45) is 3.84. The van der Waals surface area contributed by atoms with Gasteiger partial charge in [0.1, 0.15) is 12.4 Å². The van der Waals surface area contributed by atoms with Crippen molar-refractivity contribution in [2.45, 2.75) is 19.9 Å². The highest BCUT2D eigenvalue weighted by Crippen LogP contribution is 2.29. The fourth-order valence-electron chi connectivity index (χ4n) is 3.97. The second kappa shape index (κ2) is 10.8. The van der Waals surface area contributed by atoms with Crippen LogP contribution in [-0.4, -0.2) is 57.6 Å². The molecule has 36 heavy (non-hydrogen) atoms. The molecule has 188 valence electrons. The predicted octanol–water partition coefficient (Wildman–Crippen LogP) is 4.23. The number of hydrogen-bond donors (Lipinski definition) is 1. The summed E-state index contributed by atoms with van der Waals surface area (Å²) in [4.78, 5) is 15.4. The SMILES string of the molecule is Cc1ccc(OCCN(C)C)cc1C(=O)N[C@H](C)c1cc(-c2ccn(C)n2)cc(-c2ccn(C)n2)c1. The van der Waals surface area contributed by atoms with Crippen molar-refractivity contribution in [1.29, 1.82) is 0 Å². The van der Waals surface area contributed by atoms with Crippen LogP contribution in [0.2, 0.25) is 0 Å². The number of hydrogen-bond acceptors (Lipinski definition) is 5. The van der Waals surface area contributed by atoms with Crippen LogP contribution in [0.25, 0.3) is 22.5 Å². The minimum absolute atomic E-state index is 0.138. The topological polar surface area (TPSA) is 77.2 Å². The number of carbonyl (C=O) groups is 1. The highest BCUT2D eigenvalue weighted by molar-refractivity contribution is 5.96. The van der Waals surface area contributed by atoms with Gasteiger partial charge in [0.05, 0.1) is 17.4 Å². The van der Waals surface area contributed by atoms with Gasteiger partial charge in [0, 0.05) is 49.7 Å². The van der Waals surface area contributed by atoms with Gasteiger partial charge in [0.25, 0.3) is 5.91 Å². The lowest BCUT2D eigenvalue weighted by Crippen LogP contribution is -2.27. The van der Waals surface area contributed by atoms with E-state index in [4.69, 9.17) is 4.74 Å². The summed E-state index contributed by atoms with van der Waals surface area (Å²) in [5, 5.41) is 12.3. The lowest BCUT2D eigenvalue weighted by molar-refractivity contribution is 0.0938. The third-order valence-electron chi connectivity index (χ3n) is 6.08. The maximum atomic E-state index is 13.3. The molecule has 0 spiro atoms. The molecule has 2 aromatic heterocycles. The van der Waals surface area contributed by atoms with Crippen LogP contribution in [0, 0.1) is 6.92 Å². The summed E-state index contributed by atoms with van der Waals surface area (Å²) < 4.78 is 9.41. The van der Waals surface area contributed by atoms with Crippen molar-refractivity contribution in [1.82, 2.24) is 29.8 Å². The Balaban J connectivity index is 1.60. The normalized spacial score (nSPS) is 12.1. The summed E-state index contributed by atoms with van der Waals surface area (Å²) in [5.74, 6) is 0.551. The van der Waals surface area contributed by atoms with Crippen molar-refractivity contribution in [3.63, 3.8) is 0 Å². The van der Waals surface area contributed by atoms with Gasteiger partial charge in [-0.1, -0.05) is 6.07 Å². The first kappa shape index (κ1) is 25.2. The molecule has 8 nitrogen and oxygen atoms in total. The Morgan fingerprint density at radius 1 is 0.972 bits per heavy atom. The van der Waals surface area contributed by atoms with Crippen LogP contribution in [0.5, 0.6) is 5.75 Å². The third kappa shape index (κ3) is 6.01. The molecular weight excluding hydrogens is 452 g/mol. The molecule has 0 radical (unpaired) electrons. The van der Waals surface area contributed by atoms with Gasteiger partial charge in [0.2, 0.25) is 0 Å². The number of amides is 1. The summed E-state index contributed by atoms with van der Waals surface area (Å²) in [6.45, 7) is 5.29. The Bertz CT molecular complexity index is 1300. The number of nitrogens with one attached hydrogen (secondary N) is 1. The Kier molecular flexibility index (Phi) is 7.55. The van der Waals surface area contributed by atoms with E-state index in [2.05, 4.69) is 38.6 Å². The molecule has 1 amide bonds. The van der Waals surface area contributed by atoms with E-state index in [0.29, 0.717) is 17.9 Å². The quantitative estimate of drug-likeness (QED) is 0.383. The van der Waals surface area contributed by atoms with Crippen LogP contribution in [0.15, 0.2) is 60.9 Å². The van der Waals surface area contributed by atoms with Crippen LogP contribution < -0.4 is 10.1 Å². The van der Waals surface area contributed by atoms with Gasteiger partial charge in [-0.2, -0.15) is 10.2 Å². The average Bonchev–Trinajstić information content (AvgIpc) is 3.47. The number of carbonyl (C=O) groups excluding carboxylic acids is 1. The molecule has 8 heteroatoms. The zero-order chi connectivity index (χ0) is 25.8. The Morgan fingerprint density at radius 2 is 1.58 bits per heavy atom. The van der Waals surface area contributed by atoms with Crippen LogP contribution in [0.1, 0.15) is 34.5 Å². The zero-order valence-electron chi connectivity index (χ0n) is 21.8. The van der Waals surface area contributed by atoms with Crippen LogP contribution in [0.4, 0.5) is 0 Å². The van der Waals surface area contributed by atoms with Crippen LogP contribution in [-0.2, 0) is 14.1 Å². The largest absolute Gasteiger partial charge is 0.492 e. The zero-order valence-corrected chi connectivity index (χ0v) is 21.8. The van der Waals surface area contributed by atoms with Gasteiger partial charge < -0.3 is 15.0 Å². The number of likely N-dealkylation sites (N-methyl/N-ethyl adjacent to an activating group) is 1. The minimum Gasteiger partial charge on any atom is -0.492 e. The molecule has 4 aromatic rings. The van der Waals surface area contributed by atoms with E-state index in [1.54, 1.807) is 9.36 Å². The monoisotopic (exact) mass is 486 g/mol. The van der Waals surface area contributed by atoms with E-state index >= 15 is 0 Å². The van der Waals surface area contributed by atoms with Gasteiger partial charge in [0.15, 0.2) is 0 Å². The van der Waals surface area contributed by atoms with Gasteiger partial charge in [-0.05, 0) is 81.5 Å². The first-order valence-corrected chi connectivity index (χ1v) is 12.0. The van der Waals surface area contributed by atoms with Crippen molar-refractivity contribution in [2.24, 2.45) is 14.1 Å². The molecule has 1 N–H and O–H groups in total. The van der Waals surface area contributed by atoms with E-state index in [9.17, 15) is 4.79 Å². The van der Waals surface area contributed by atoms with Crippen molar-refractivity contribution in [3.05, 3.63) is 77.6 Å². The molecular formula is C28H34N6O2. The second-order valence-electron chi connectivity index (χ2n) is 9.42. The fourth-order valence-corrected chi connectivity index (χ4v) is 3.97. The Hall–Kier alpha value is -3.91. The molecule has 0 fully saturated rings. The maximum Gasteiger partial charge on any atom is 0.252 e. The number of aryl methyl sites for hydroxylation is 3. The standard InChI is InChI=1S/C28H34N6O2/c1-19-7-8-24(36-14-13-32(3)4)18-25(19)28(35)29-20(2)21-15-22(26-9-11-33(5)30-26)17-23(16-21)27-10-12-34(6)31-27/h7-12,15-18,20H,13-14H2,1-6H3,(H,29,35)/t20-/m1/s1. The highest BCUT2D eigenvalue weighted by Gasteiger charge is 2.17. The summed E-state index contributed by atoms with van der Waals surface area (Å²) in [6, 6.07) is 15.6. The number of ether oxygens (including phenoxy) is 1. The maximum absolute atomic E-state index is 13.3. The van der Waals surface area contributed by atoms with E-state index in [-0.39, 0.29) is 11.9 Å². The van der Waals surface area contributed by atoms with Crippen molar-refractivity contribution in [3.8, 4) is 28.3 Å². The predicted molar refractivity (Wildman–Crippen MR) is 142 cm³/mol. The molecule has 0 saturated carbocycles. The van der Waals surface area contributed by atoms with E-state index in [0.717, 1.165) is 40.2 Å². The van der Waals surface area contributed by atoms with Crippen LogP contribution >= 0.6 is 0 Å². The molecule has 0 aliphatic heterocycles. The fraction of sp³-hybridized carbons (Fsp3) is 0.321. The van der Waals surface area contributed by atoms with Gasteiger partial charge in [-0.3, -0.25) is 14.2 Å². The van der Waals surface area contributed by atoms with Gasteiger partial charge in [-0.25, -0.2) is 0 Å². The van der Waals surface area contributed by atoms with Crippen molar-refractivity contribution in [2.75, 3.05) is 27.2 Å². The molecule has 0 bridgehead atoms. The molecule has 0 aliphatic carbocycles. The summed E-state index contributed by atoms with van der Waals surface area (Å²) >= 11 is 0. The van der Waals surface area contributed by atoms with E-state index in [1.807, 2.05) is 84.8 Å². The molecule has 2 heterocycles. The van der Waals surface area contributed by atoms with Gasteiger partial charge >= 0.3 is 0 Å².